The molecular formula is C14H21N3O3S. The lowest BCUT2D eigenvalue weighted by molar-refractivity contribution is -0.150. The largest absolute Gasteiger partial charge is 0.467 e. The van der Waals surface area contributed by atoms with Crippen LogP contribution in [0.15, 0.2) is 24.3 Å². The number of allylic oxidation sites excluding steroid dienone is 2. The molecule has 0 aliphatic heterocycles. The van der Waals surface area contributed by atoms with Crippen molar-refractivity contribution in [2.75, 3.05) is 7.11 Å². The first-order valence-electron chi connectivity index (χ1n) is 6.52. The van der Waals surface area contributed by atoms with Crippen molar-refractivity contribution >= 4 is 29.2 Å². The summed E-state index contributed by atoms with van der Waals surface area (Å²) in [6.07, 6.45) is 8.41. The van der Waals surface area contributed by atoms with E-state index in [2.05, 4.69) is 10.6 Å². The summed E-state index contributed by atoms with van der Waals surface area (Å²) in [5.41, 5.74) is 3.76. The molecule has 0 heterocycles. The van der Waals surface area contributed by atoms with E-state index >= 15 is 0 Å². The Morgan fingerprint density at radius 2 is 2.14 bits per heavy atom. The number of hydrogen-bond acceptors (Lipinski definition) is 4. The summed E-state index contributed by atoms with van der Waals surface area (Å²) in [4.78, 5) is 23.5. The maximum atomic E-state index is 12.1. The molecule has 1 aliphatic carbocycles. The topological polar surface area (TPSA) is 93.4 Å². The average Bonchev–Trinajstić information content (AvgIpc) is 2.36. The number of methoxy groups -OCH3 is 1. The zero-order valence-electron chi connectivity index (χ0n) is 12.4. The summed E-state index contributed by atoms with van der Waals surface area (Å²) < 4.78 is 4.82. The van der Waals surface area contributed by atoms with E-state index in [-0.39, 0.29) is 17.4 Å². The number of carbonyl (C=O) groups excluding carboxylic acids is 2. The first kappa shape index (κ1) is 17.2. The van der Waals surface area contributed by atoms with E-state index in [1.807, 2.05) is 24.3 Å². The third kappa shape index (κ3) is 4.56. The fourth-order valence-electron chi connectivity index (χ4n) is 2.59. The van der Waals surface area contributed by atoms with Gasteiger partial charge in [-0.15, -0.1) is 0 Å². The second-order valence-corrected chi connectivity index (χ2v) is 5.76. The third-order valence-electron chi connectivity index (χ3n) is 3.27. The number of thiocarbonyl (C=S) groups is 1. The van der Waals surface area contributed by atoms with Crippen molar-refractivity contribution in [3.8, 4) is 0 Å². The van der Waals surface area contributed by atoms with Crippen molar-refractivity contribution in [3.05, 3.63) is 24.3 Å². The summed E-state index contributed by atoms with van der Waals surface area (Å²) >= 11 is 4.92. The van der Waals surface area contributed by atoms with E-state index in [4.69, 9.17) is 22.7 Å². The van der Waals surface area contributed by atoms with Crippen LogP contribution in [0.2, 0.25) is 0 Å². The highest BCUT2D eigenvalue weighted by molar-refractivity contribution is 7.80. The van der Waals surface area contributed by atoms with Gasteiger partial charge in [-0.25, -0.2) is 4.79 Å². The summed E-state index contributed by atoms with van der Waals surface area (Å²) in [5.74, 6) is -0.839. The molecule has 0 aromatic heterocycles. The maximum Gasteiger partial charge on any atom is 0.331 e. The summed E-state index contributed by atoms with van der Waals surface area (Å²) in [5, 5.41) is 5.80. The van der Waals surface area contributed by atoms with Gasteiger partial charge in [0.05, 0.1) is 12.6 Å². The van der Waals surface area contributed by atoms with Crippen LogP contribution in [0.5, 0.6) is 0 Å². The molecule has 0 aromatic carbocycles. The maximum absolute atomic E-state index is 12.1. The molecule has 0 fully saturated rings. The Kier molecular flexibility index (Phi) is 5.48. The van der Waals surface area contributed by atoms with Crippen LogP contribution in [0, 0.1) is 0 Å². The van der Waals surface area contributed by atoms with Gasteiger partial charge in [0.25, 0.3) is 0 Å². The SMILES string of the molecule is COC(=O)[C@@](C)(CC1(NC(N)=S)C=CC=CC1)NC(C)=O. The first-order chi connectivity index (χ1) is 9.73. The van der Waals surface area contributed by atoms with Crippen molar-refractivity contribution in [2.24, 2.45) is 5.73 Å². The quantitative estimate of drug-likeness (QED) is 0.507. The third-order valence-corrected chi connectivity index (χ3v) is 3.38. The lowest BCUT2D eigenvalue weighted by Crippen LogP contribution is -2.61. The normalized spacial score (nSPS) is 23.0. The number of rotatable bonds is 5. The molecular weight excluding hydrogens is 290 g/mol. The van der Waals surface area contributed by atoms with Crippen LogP contribution < -0.4 is 16.4 Å². The molecule has 0 aromatic rings. The molecule has 1 unspecified atom stereocenters. The molecule has 1 amide bonds. The van der Waals surface area contributed by atoms with Gasteiger partial charge in [0.2, 0.25) is 5.91 Å². The molecule has 21 heavy (non-hydrogen) atoms. The number of ether oxygens (including phenoxy) is 1. The molecule has 0 bridgehead atoms. The molecule has 2 atom stereocenters. The Morgan fingerprint density at radius 1 is 1.48 bits per heavy atom. The Hall–Kier alpha value is -1.89. The molecule has 6 nitrogen and oxygen atoms in total. The van der Waals surface area contributed by atoms with E-state index in [1.54, 1.807) is 6.92 Å². The van der Waals surface area contributed by atoms with E-state index in [1.165, 1.54) is 14.0 Å². The summed E-state index contributed by atoms with van der Waals surface area (Å²) in [7, 11) is 1.28. The van der Waals surface area contributed by atoms with Gasteiger partial charge in [0, 0.05) is 13.3 Å². The van der Waals surface area contributed by atoms with Gasteiger partial charge in [-0.1, -0.05) is 24.3 Å². The average molecular weight is 311 g/mol. The van der Waals surface area contributed by atoms with Crippen molar-refractivity contribution in [2.45, 2.75) is 37.8 Å². The molecule has 116 valence electrons. The molecule has 0 saturated heterocycles. The first-order valence-corrected chi connectivity index (χ1v) is 6.93. The highest BCUT2D eigenvalue weighted by Gasteiger charge is 2.43. The zero-order valence-corrected chi connectivity index (χ0v) is 13.3. The Bertz CT molecular complexity index is 504. The van der Waals surface area contributed by atoms with Crippen molar-refractivity contribution in [1.82, 2.24) is 10.6 Å². The van der Waals surface area contributed by atoms with E-state index in [0.717, 1.165) is 0 Å². The van der Waals surface area contributed by atoms with E-state index in [0.29, 0.717) is 6.42 Å². The van der Waals surface area contributed by atoms with Gasteiger partial charge in [-0.3, -0.25) is 4.79 Å². The minimum Gasteiger partial charge on any atom is -0.467 e. The fourth-order valence-corrected chi connectivity index (χ4v) is 2.79. The van der Waals surface area contributed by atoms with Gasteiger partial charge >= 0.3 is 5.97 Å². The van der Waals surface area contributed by atoms with Crippen LogP contribution in [-0.2, 0) is 14.3 Å². The standard InChI is InChI=1S/C14H21N3O3S/c1-10(18)16-13(2,11(19)20-3)9-14(17-12(15)21)7-5-4-6-8-14/h4-7H,8-9H2,1-3H3,(H,16,18)(H3,15,17,21)/t13-,14?/m1/s1. The Balaban J connectivity index is 3.10. The van der Waals surface area contributed by atoms with Gasteiger partial charge in [-0.05, 0) is 25.6 Å². The predicted molar refractivity (Wildman–Crippen MR) is 84.4 cm³/mol. The molecule has 0 radical (unpaired) electrons. The highest BCUT2D eigenvalue weighted by atomic mass is 32.1. The predicted octanol–water partition coefficient (Wildman–Crippen LogP) is 0.532. The van der Waals surface area contributed by atoms with E-state index < -0.39 is 17.0 Å². The van der Waals surface area contributed by atoms with Crippen molar-refractivity contribution in [3.63, 3.8) is 0 Å². The number of amides is 1. The smallest absolute Gasteiger partial charge is 0.331 e. The fraction of sp³-hybridized carbons (Fsp3) is 0.500. The summed E-state index contributed by atoms with van der Waals surface area (Å²) in [6, 6.07) is 0. The number of nitrogens with one attached hydrogen (secondary N) is 2. The van der Waals surface area contributed by atoms with Crippen molar-refractivity contribution in [1.29, 1.82) is 0 Å². The number of carbonyl (C=O) groups is 2. The van der Waals surface area contributed by atoms with Gasteiger partial charge in [0.15, 0.2) is 5.11 Å². The lowest BCUT2D eigenvalue weighted by Gasteiger charge is -2.39. The van der Waals surface area contributed by atoms with Crippen LogP contribution in [0.1, 0.15) is 26.7 Å². The highest BCUT2D eigenvalue weighted by Crippen LogP contribution is 2.29. The van der Waals surface area contributed by atoms with E-state index in [9.17, 15) is 9.59 Å². The molecule has 4 N–H and O–H groups in total. The molecule has 0 saturated carbocycles. The van der Waals surface area contributed by atoms with Gasteiger partial charge in [-0.2, -0.15) is 0 Å². The number of nitrogens with two attached hydrogens (primary N) is 1. The monoisotopic (exact) mass is 311 g/mol. The molecule has 1 aliphatic rings. The molecule has 7 heteroatoms. The van der Waals surface area contributed by atoms with Crippen LogP contribution in [0.4, 0.5) is 0 Å². The van der Waals surface area contributed by atoms with Crippen LogP contribution >= 0.6 is 12.2 Å². The van der Waals surface area contributed by atoms with Crippen LogP contribution in [0.25, 0.3) is 0 Å². The summed E-state index contributed by atoms with van der Waals surface area (Å²) in [6.45, 7) is 2.97. The van der Waals surface area contributed by atoms with Gasteiger partial charge in [0.1, 0.15) is 5.54 Å². The van der Waals surface area contributed by atoms with Crippen molar-refractivity contribution < 1.29 is 14.3 Å². The second kappa shape index (κ2) is 6.71. The minimum absolute atomic E-state index is 0.130. The number of hydrogen-bond donors (Lipinski definition) is 3. The second-order valence-electron chi connectivity index (χ2n) is 5.32. The molecule has 1 rings (SSSR count). The number of esters is 1. The zero-order chi connectivity index (χ0) is 16.1. The molecule has 0 spiro atoms. The lowest BCUT2D eigenvalue weighted by atomic mass is 9.79. The van der Waals surface area contributed by atoms with Crippen LogP contribution in [0.3, 0.4) is 0 Å². The Labute approximate surface area is 129 Å². The Morgan fingerprint density at radius 3 is 2.57 bits per heavy atom. The van der Waals surface area contributed by atoms with Crippen LogP contribution in [-0.4, -0.2) is 35.2 Å². The minimum atomic E-state index is -1.19. The van der Waals surface area contributed by atoms with Gasteiger partial charge < -0.3 is 21.1 Å².